The first kappa shape index (κ1) is 21.5. The average molecular weight is 420 g/mol. The van der Waals surface area contributed by atoms with Crippen molar-refractivity contribution in [2.24, 2.45) is 0 Å². The predicted molar refractivity (Wildman–Crippen MR) is 72.5 cm³/mol. The molecule has 0 radical (unpaired) electrons. The van der Waals surface area contributed by atoms with Crippen LogP contribution in [-0.4, -0.2) is 56.2 Å². The van der Waals surface area contributed by atoms with Gasteiger partial charge < -0.3 is 23.5 Å². The lowest BCUT2D eigenvalue weighted by atomic mass is 10.2. The van der Waals surface area contributed by atoms with Crippen molar-refractivity contribution in [3.63, 3.8) is 0 Å². The largest absolute Gasteiger partial charge is 0.481 e. The van der Waals surface area contributed by atoms with Gasteiger partial charge in [-0.15, -0.1) is 0 Å². The van der Waals surface area contributed by atoms with E-state index in [-0.39, 0.29) is 12.8 Å². The lowest BCUT2D eigenvalue weighted by molar-refractivity contribution is -0.150. The number of Topliss-reactive ketones (excluding diaryl/α,β-unsaturated/α-hetero) is 1. The van der Waals surface area contributed by atoms with Crippen LogP contribution in [0.3, 0.4) is 0 Å². The fourth-order valence-corrected chi connectivity index (χ4v) is 0.964. The molecule has 0 fully saturated rings. The van der Waals surface area contributed by atoms with Crippen molar-refractivity contribution in [2.75, 3.05) is 0 Å². The van der Waals surface area contributed by atoms with Gasteiger partial charge in [0.15, 0.2) is 29.1 Å². The molecule has 11 heteroatoms. The summed E-state index contributed by atoms with van der Waals surface area (Å²) in [5.74, 6) is -5.68. The quantitative estimate of drug-likeness (QED) is 0.299. The number of aliphatic hydroxyl groups is 1. The summed E-state index contributed by atoms with van der Waals surface area (Å²) in [7, 11) is 0. The standard InChI is InChI=1S/C5H7IO5.C5H6O5/c6-11-4(8)2-1-3(7)5(9)10;6-3(5(9)10)1-2-4(7)8/h3,7H,1-2H2,(H,9,10);1-2H2,(H,7,8)(H,9,10). The van der Waals surface area contributed by atoms with Gasteiger partial charge in [0.1, 0.15) is 0 Å². The SMILES string of the molecule is O=C(CCC(O)C(=O)O)OI.O=C(O)CCC(=O)C(=O)O. The second-order valence-corrected chi connectivity index (χ2v) is 3.90. The van der Waals surface area contributed by atoms with Gasteiger partial charge in [-0.1, -0.05) is 0 Å². The van der Waals surface area contributed by atoms with Crippen LogP contribution in [0.5, 0.6) is 0 Å². The Hall–Kier alpha value is -1.76. The third-order valence-electron chi connectivity index (χ3n) is 1.80. The van der Waals surface area contributed by atoms with Crippen LogP contribution in [0, 0.1) is 0 Å². The Morgan fingerprint density at radius 3 is 1.81 bits per heavy atom. The van der Waals surface area contributed by atoms with E-state index in [1.807, 2.05) is 0 Å². The first-order valence-corrected chi connectivity index (χ1v) is 6.20. The van der Waals surface area contributed by atoms with Gasteiger partial charge in [-0.25, -0.2) is 9.59 Å². The van der Waals surface area contributed by atoms with Crippen LogP contribution in [0.2, 0.25) is 0 Å². The minimum Gasteiger partial charge on any atom is -0.481 e. The molecule has 4 N–H and O–H groups in total. The van der Waals surface area contributed by atoms with Crippen molar-refractivity contribution in [1.82, 2.24) is 0 Å². The molecular formula is C10H13IO10. The van der Waals surface area contributed by atoms with Gasteiger partial charge in [-0.2, -0.15) is 0 Å². The van der Waals surface area contributed by atoms with Crippen molar-refractivity contribution < 1.29 is 47.5 Å². The van der Waals surface area contributed by atoms with Crippen LogP contribution < -0.4 is 0 Å². The summed E-state index contributed by atoms with van der Waals surface area (Å²) in [6, 6.07) is 0. The summed E-state index contributed by atoms with van der Waals surface area (Å²) in [6.45, 7) is 0. The molecule has 10 nitrogen and oxygen atoms in total. The smallest absolute Gasteiger partial charge is 0.372 e. The number of carbonyl (C=O) groups is 5. The van der Waals surface area contributed by atoms with Crippen molar-refractivity contribution in [3.05, 3.63) is 0 Å². The van der Waals surface area contributed by atoms with Crippen molar-refractivity contribution in [3.8, 4) is 0 Å². The maximum absolute atomic E-state index is 10.4. The van der Waals surface area contributed by atoms with Gasteiger partial charge in [0.25, 0.3) is 0 Å². The molecule has 0 heterocycles. The zero-order valence-electron chi connectivity index (χ0n) is 10.5. The van der Waals surface area contributed by atoms with E-state index < -0.39 is 48.6 Å². The Kier molecular flexibility index (Phi) is 12.3. The maximum Gasteiger partial charge on any atom is 0.372 e. The number of aliphatic carboxylic acids is 3. The van der Waals surface area contributed by atoms with Gasteiger partial charge in [0.2, 0.25) is 5.78 Å². The van der Waals surface area contributed by atoms with Gasteiger partial charge in [0, 0.05) is 12.8 Å². The third kappa shape index (κ3) is 14.5. The van der Waals surface area contributed by atoms with Crippen LogP contribution in [0.25, 0.3) is 0 Å². The number of aliphatic hydroxyl groups excluding tert-OH is 1. The Morgan fingerprint density at radius 1 is 0.952 bits per heavy atom. The number of hydrogen-bond acceptors (Lipinski definition) is 7. The second kappa shape index (κ2) is 12.0. The summed E-state index contributed by atoms with van der Waals surface area (Å²) in [6.07, 6.45) is -2.55. The first-order valence-electron chi connectivity index (χ1n) is 5.32. The molecule has 0 aliphatic heterocycles. The maximum atomic E-state index is 10.4. The number of carboxylic acid groups (broad SMARTS) is 3. The summed E-state index contributed by atoms with van der Waals surface area (Å²) >= 11 is 1.40. The fraction of sp³-hybridized carbons (Fsp3) is 0.500. The average Bonchev–Trinajstić information content (AvgIpc) is 2.41. The normalized spacial score (nSPS) is 10.6. The zero-order valence-corrected chi connectivity index (χ0v) is 12.7. The summed E-state index contributed by atoms with van der Waals surface area (Å²) in [5, 5.41) is 32.8. The Morgan fingerprint density at radius 2 is 1.48 bits per heavy atom. The molecule has 1 atom stereocenters. The molecule has 0 aromatic heterocycles. The van der Waals surface area contributed by atoms with Crippen molar-refractivity contribution in [1.29, 1.82) is 0 Å². The van der Waals surface area contributed by atoms with E-state index in [2.05, 4.69) is 3.07 Å². The highest BCUT2D eigenvalue weighted by atomic mass is 127. The van der Waals surface area contributed by atoms with Crippen molar-refractivity contribution in [2.45, 2.75) is 31.8 Å². The lowest BCUT2D eigenvalue weighted by Crippen LogP contribution is -2.20. The van der Waals surface area contributed by atoms with Crippen LogP contribution >= 0.6 is 23.0 Å². The number of carboxylic acids is 3. The minimum absolute atomic E-state index is 0.0869. The van der Waals surface area contributed by atoms with Crippen LogP contribution in [-0.2, 0) is 27.0 Å². The van der Waals surface area contributed by atoms with E-state index in [9.17, 15) is 24.0 Å². The van der Waals surface area contributed by atoms with E-state index in [0.717, 1.165) is 0 Å². The predicted octanol–water partition coefficient (Wildman–Crippen LogP) is -0.390. The highest BCUT2D eigenvalue weighted by Gasteiger charge is 2.15. The molecule has 120 valence electrons. The van der Waals surface area contributed by atoms with Gasteiger partial charge in [-0.3, -0.25) is 14.4 Å². The van der Waals surface area contributed by atoms with Crippen LogP contribution in [0.15, 0.2) is 0 Å². The van der Waals surface area contributed by atoms with Crippen LogP contribution in [0.1, 0.15) is 25.7 Å². The number of halogens is 1. The third-order valence-corrected chi connectivity index (χ3v) is 2.29. The molecule has 21 heavy (non-hydrogen) atoms. The molecule has 0 rings (SSSR count). The van der Waals surface area contributed by atoms with Crippen LogP contribution in [0.4, 0.5) is 0 Å². The first-order chi connectivity index (χ1) is 9.61. The highest BCUT2D eigenvalue weighted by molar-refractivity contribution is 14.1. The molecular weight excluding hydrogens is 407 g/mol. The molecule has 0 saturated heterocycles. The topological polar surface area (TPSA) is 176 Å². The van der Waals surface area contributed by atoms with Crippen molar-refractivity contribution >= 4 is 52.7 Å². The summed E-state index contributed by atoms with van der Waals surface area (Å²) < 4.78 is 4.21. The molecule has 0 aliphatic rings. The second-order valence-electron chi connectivity index (χ2n) is 3.46. The molecule has 0 aromatic carbocycles. The van der Waals surface area contributed by atoms with Gasteiger partial charge >= 0.3 is 23.9 Å². The lowest BCUT2D eigenvalue weighted by Gasteiger charge is -2.01. The van der Waals surface area contributed by atoms with E-state index in [1.54, 1.807) is 0 Å². The Bertz CT molecular complexity index is 405. The molecule has 0 bridgehead atoms. The van der Waals surface area contributed by atoms with E-state index >= 15 is 0 Å². The summed E-state index contributed by atoms with van der Waals surface area (Å²) in [4.78, 5) is 50.1. The van der Waals surface area contributed by atoms with E-state index in [0.29, 0.717) is 0 Å². The molecule has 0 spiro atoms. The summed E-state index contributed by atoms with van der Waals surface area (Å²) in [5.41, 5.74) is 0. The van der Waals surface area contributed by atoms with Gasteiger partial charge in [-0.05, 0) is 6.42 Å². The number of ketones is 1. The molecule has 0 saturated carbocycles. The number of carbonyl (C=O) groups excluding carboxylic acids is 2. The number of hydrogen-bond donors (Lipinski definition) is 4. The number of rotatable bonds is 8. The van der Waals surface area contributed by atoms with E-state index in [4.69, 9.17) is 20.4 Å². The Balaban J connectivity index is 0. The molecule has 0 amide bonds. The highest BCUT2D eigenvalue weighted by Crippen LogP contribution is 2.01. The molecule has 0 aromatic rings. The zero-order chi connectivity index (χ0) is 17.0. The fourth-order valence-electron chi connectivity index (χ4n) is 0.744. The van der Waals surface area contributed by atoms with E-state index in [1.165, 1.54) is 23.0 Å². The van der Waals surface area contributed by atoms with Gasteiger partial charge in [0.05, 0.1) is 6.42 Å². The molecule has 1 unspecified atom stereocenters. The Labute approximate surface area is 132 Å². The molecule has 0 aliphatic carbocycles. The monoisotopic (exact) mass is 420 g/mol. The minimum atomic E-state index is -1.58.